The van der Waals surface area contributed by atoms with Crippen molar-refractivity contribution in [3.63, 3.8) is 0 Å². The second-order valence-electron chi connectivity index (χ2n) is 5.96. The lowest BCUT2D eigenvalue weighted by Gasteiger charge is -2.11. The van der Waals surface area contributed by atoms with Crippen molar-refractivity contribution < 1.29 is 28.7 Å². The molecule has 8 nitrogen and oxygen atoms in total. The summed E-state index contributed by atoms with van der Waals surface area (Å²) in [7, 11) is 1.49. The van der Waals surface area contributed by atoms with E-state index in [9.17, 15) is 19.7 Å². The number of hydrogen-bond donors (Lipinski definition) is 0. The van der Waals surface area contributed by atoms with E-state index in [1.165, 1.54) is 26.2 Å². The Morgan fingerprint density at radius 1 is 1.07 bits per heavy atom. The Morgan fingerprint density at radius 2 is 1.79 bits per heavy atom. The van der Waals surface area contributed by atoms with Crippen LogP contribution in [0.4, 0.5) is 5.69 Å². The zero-order chi connectivity index (χ0) is 20.5. The molecule has 0 bridgehead atoms. The highest BCUT2D eigenvalue weighted by molar-refractivity contribution is 5.94. The first kappa shape index (κ1) is 20.9. The minimum atomic E-state index is -0.488. The van der Waals surface area contributed by atoms with E-state index in [1.807, 2.05) is 0 Å². The van der Waals surface area contributed by atoms with Crippen LogP contribution in [0.3, 0.4) is 0 Å². The first-order chi connectivity index (χ1) is 13.4. The molecule has 0 atom stereocenters. The highest BCUT2D eigenvalue weighted by Crippen LogP contribution is 2.28. The van der Waals surface area contributed by atoms with Gasteiger partial charge in [0.1, 0.15) is 6.61 Å². The van der Waals surface area contributed by atoms with Crippen LogP contribution < -0.4 is 9.47 Å². The molecule has 8 heteroatoms. The molecule has 2 aromatic rings. The number of benzene rings is 2. The van der Waals surface area contributed by atoms with Gasteiger partial charge in [0.05, 0.1) is 18.6 Å². The molecule has 0 saturated heterocycles. The van der Waals surface area contributed by atoms with Gasteiger partial charge in [-0.1, -0.05) is 0 Å². The lowest BCUT2D eigenvalue weighted by atomic mass is 10.1. The zero-order valence-corrected chi connectivity index (χ0v) is 15.7. The lowest BCUT2D eigenvalue weighted by Crippen LogP contribution is -2.08. The molecule has 0 aliphatic heterocycles. The number of ketones is 1. The second kappa shape index (κ2) is 10.1. The molecule has 0 saturated carbocycles. The number of nitro groups is 1. The summed E-state index contributed by atoms with van der Waals surface area (Å²) < 4.78 is 16.0. The lowest BCUT2D eigenvalue weighted by molar-refractivity contribution is -0.384. The summed E-state index contributed by atoms with van der Waals surface area (Å²) in [6, 6.07) is 10.7. The summed E-state index contributed by atoms with van der Waals surface area (Å²) in [5, 5.41) is 10.6. The summed E-state index contributed by atoms with van der Waals surface area (Å²) in [6.45, 7) is 1.80. The van der Waals surface area contributed by atoms with E-state index >= 15 is 0 Å². The number of hydrogen-bond acceptors (Lipinski definition) is 7. The highest BCUT2D eigenvalue weighted by Gasteiger charge is 2.10. The van der Waals surface area contributed by atoms with E-state index in [0.717, 1.165) is 0 Å². The van der Waals surface area contributed by atoms with Gasteiger partial charge < -0.3 is 14.2 Å². The van der Waals surface area contributed by atoms with Crippen LogP contribution in [-0.4, -0.2) is 30.4 Å². The van der Waals surface area contributed by atoms with Crippen LogP contribution in [-0.2, 0) is 16.1 Å². The van der Waals surface area contributed by atoms with Crippen LogP contribution >= 0.6 is 0 Å². The third-order valence-corrected chi connectivity index (χ3v) is 3.90. The first-order valence-corrected chi connectivity index (χ1v) is 8.61. The van der Waals surface area contributed by atoms with Gasteiger partial charge in [0.2, 0.25) is 0 Å². The topological polar surface area (TPSA) is 105 Å². The van der Waals surface area contributed by atoms with Crippen molar-refractivity contribution in [3.8, 4) is 11.5 Å². The predicted molar refractivity (Wildman–Crippen MR) is 101 cm³/mol. The van der Waals surface area contributed by atoms with Crippen molar-refractivity contribution in [2.75, 3.05) is 13.7 Å². The number of methoxy groups -OCH3 is 1. The standard InChI is InChI=1S/C20H21NO7/c1-14(22)16-7-10-18(19(12-16)26-2)27-11-3-4-20(23)28-13-15-5-8-17(9-6-15)21(24)25/h5-10,12H,3-4,11,13H2,1-2H3. The quantitative estimate of drug-likeness (QED) is 0.201. The number of rotatable bonds is 10. The molecule has 148 valence electrons. The molecule has 0 unspecified atom stereocenters. The van der Waals surface area contributed by atoms with Gasteiger partial charge in [-0.2, -0.15) is 0 Å². The maximum Gasteiger partial charge on any atom is 0.306 e. The average Bonchev–Trinajstić information content (AvgIpc) is 2.69. The van der Waals surface area contributed by atoms with Crippen LogP contribution in [0, 0.1) is 10.1 Å². The molecule has 0 radical (unpaired) electrons. The number of carbonyl (C=O) groups is 2. The third kappa shape index (κ3) is 6.08. The van der Waals surface area contributed by atoms with E-state index in [1.54, 1.807) is 30.3 Å². The third-order valence-electron chi connectivity index (χ3n) is 3.90. The van der Waals surface area contributed by atoms with E-state index in [2.05, 4.69) is 0 Å². The molecule has 2 aromatic carbocycles. The van der Waals surface area contributed by atoms with Crippen molar-refractivity contribution in [1.82, 2.24) is 0 Å². The number of nitro benzene ring substituents is 1. The molecule has 0 N–H and O–H groups in total. The van der Waals surface area contributed by atoms with Crippen LogP contribution in [0.2, 0.25) is 0 Å². The summed E-state index contributed by atoms with van der Waals surface area (Å²) in [6.07, 6.45) is 0.609. The zero-order valence-electron chi connectivity index (χ0n) is 15.7. The number of esters is 1. The van der Waals surface area contributed by atoms with Gasteiger partial charge in [-0.25, -0.2) is 0 Å². The number of Topliss-reactive ketones (excluding diaryl/α,β-unsaturated/α-hetero) is 1. The smallest absolute Gasteiger partial charge is 0.306 e. The fourth-order valence-corrected chi connectivity index (χ4v) is 2.35. The number of ether oxygens (including phenoxy) is 3. The minimum absolute atomic E-state index is 0.0148. The maximum absolute atomic E-state index is 11.8. The highest BCUT2D eigenvalue weighted by atomic mass is 16.6. The molecule has 0 amide bonds. The number of nitrogens with zero attached hydrogens (tertiary/aromatic N) is 1. The van der Waals surface area contributed by atoms with E-state index < -0.39 is 4.92 Å². The Kier molecular flexibility index (Phi) is 7.50. The van der Waals surface area contributed by atoms with Crippen molar-refractivity contribution in [2.24, 2.45) is 0 Å². The van der Waals surface area contributed by atoms with Gasteiger partial charge in [-0.3, -0.25) is 19.7 Å². The summed E-state index contributed by atoms with van der Waals surface area (Å²) in [4.78, 5) is 33.3. The largest absolute Gasteiger partial charge is 0.493 e. The fourth-order valence-electron chi connectivity index (χ4n) is 2.35. The maximum atomic E-state index is 11.8. The Labute approximate surface area is 162 Å². The monoisotopic (exact) mass is 387 g/mol. The molecule has 2 rings (SSSR count). The van der Waals surface area contributed by atoms with Gasteiger partial charge in [0.25, 0.3) is 5.69 Å². The Balaban J connectivity index is 1.73. The average molecular weight is 387 g/mol. The minimum Gasteiger partial charge on any atom is -0.493 e. The van der Waals surface area contributed by atoms with Crippen molar-refractivity contribution in [3.05, 3.63) is 63.7 Å². The van der Waals surface area contributed by atoms with Gasteiger partial charge in [-0.15, -0.1) is 0 Å². The molecule has 28 heavy (non-hydrogen) atoms. The SMILES string of the molecule is COc1cc(C(C)=O)ccc1OCCCC(=O)OCc1ccc([N+](=O)[O-])cc1. The van der Waals surface area contributed by atoms with Gasteiger partial charge in [0.15, 0.2) is 17.3 Å². The second-order valence-corrected chi connectivity index (χ2v) is 5.96. The first-order valence-electron chi connectivity index (χ1n) is 8.61. The van der Waals surface area contributed by atoms with Gasteiger partial charge >= 0.3 is 5.97 Å². The summed E-state index contributed by atoms with van der Waals surface area (Å²) in [5.74, 6) is 0.488. The molecule has 0 fully saturated rings. The summed E-state index contributed by atoms with van der Waals surface area (Å²) in [5.41, 5.74) is 1.18. The van der Waals surface area contributed by atoms with Crippen molar-refractivity contribution in [1.29, 1.82) is 0 Å². The molecule has 0 aliphatic carbocycles. The van der Waals surface area contributed by atoms with Gasteiger partial charge in [-0.05, 0) is 49.2 Å². The number of carbonyl (C=O) groups excluding carboxylic acids is 2. The van der Waals surface area contributed by atoms with Gasteiger partial charge in [0, 0.05) is 24.1 Å². The van der Waals surface area contributed by atoms with E-state index in [4.69, 9.17) is 14.2 Å². The van der Waals surface area contributed by atoms with Crippen LogP contribution in [0.15, 0.2) is 42.5 Å². The van der Waals surface area contributed by atoms with Crippen LogP contribution in [0.5, 0.6) is 11.5 Å². The molecular weight excluding hydrogens is 366 g/mol. The molecule has 0 aromatic heterocycles. The Hall–Kier alpha value is -3.42. The van der Waals surface area contributed by atoms with Crippen molar-refractivity contribution >= 4 is 17.4 Å². The Morgan fingerprint density at radius 3 is 2.39 bits per heavy atom. The summed E-state index contributed by atoms with van der Waals surface area (Å²) >= 11 is 0. The van der Waals surface area contributed by atoms with Crippen LogP contribution in [0.1, 0.15) is 35.7 Å². The predicted octanol–water partition coefficient (Wildman–Crippen LogP) is 3.71. The number of non-ortho nitro benzene ring substituents is 1. The molecule has 0 spiro atoms. The normalized spacial score (nSPS) is 10.2. The van der Waals surface area contributed by atoms with Crippen molar-refractivity contribution in [2.45, 2.75) is 26.4 Å². The molecule has 0 aliphatic rings. The fraction of sp³-hybridized carbons (Fsp3) is 0.300. The molecular formula is C20H21NO7. The van der Waals surface area contributed by atoms with E-state index in [0.29, 0.717) is 29.0 Å². The van der Waals surface area contributed by atoms with E-state index in [-0.39, 0.29) is 37.1 Å². The van der Waals surface area contributed by atoms with Crippen LogP contribution in [0.25, 0.3) is 0 Å². The molecule has 0 heterocycles. The Bertz CT molecular complexity index is 846.